The first-order valence-corrected chi connectivity index (χ1v) is 11.4. The van der Waals surface area contributed by atoms with Crippen molar-refractivity contribution in [2.75, 3.05) is 0 Å². The number of hydrogen-bond donors (Lipinski definition) is 0. The Kier molecular flexibility index (Phi) is 9.14. The van der Waals surface area contributed by atoms with E-state index in [0.29, 0.717) is 0 Å². The molecular formula is C20H14I2N2O10. The molecule has 34 heavy (non-hydrogen) atoms. The van der Waals surface area contributed by atoms with Gasteiger partial charge in [-0.3, -0.25) is 29.8 Å². The van der Waals surface area contributed by atoms with Crippen LogP contribution >= 0.6 is 45.2 Å². The number of carbonyl (C=O) groups excluding carboxylic acids is 4. The molecular weight excluding hydrogens is 682 g/mol. The van der Waals surface area contributed by atoms with Crippen LogP contribution in [-0.4, -0.2) is 33.7 Å². The molecule has 0 aromatic heterocycles. The maximum absolute atomic E-state index is 12.4. The predicted octanol–water partition coefficient (Wildman–Crippen LogP) is 3.04. The first kappa shape index (κ1) is 27.2. The van der Waals surface area contributed by atoms with E-state index in [9.17, 15) is 39.4 Å². The van der Waals surface area contributed by atoms with E-state index in [4.69, 9.17) is 0 Å². The second-order valence-electron chi connectivity index (χ2n) is 6.51. The molecule has 2 atom stereocenters. The zero-order valence-corrected chi connectivity index (χ0v) is 21.2. The summed E-state index contributed by atoms with van der Waals surface area (Å²) in [5.41, 5.74) is -0.0787. The maximum atomic E-state index is 12.4. The third kappa shape index (κ3) is 5.91. The van der Waals surface area contributed by atoms with Crippen molar-refractivity contribution in [2.45, 2.75) is 19.9 Å². The Morgan fingerprint density at radius 2 is 0.971 bits per heavy atom. The average molecular weight is 696 g/mol. The lowest BCUT2D eigenvalue weighted by Gasteiger charge is -2.17. The van der Waals surface area contributed by atoms with Crippen LogP contribution in [0.5, 0.6) is 0 Å². The summed E-state index contributed by atoms with van der Waals surface area (Å²) < 4.78 is 4.25. The van der Waals surface area contributed by atoms with Crippen LogP contribution in [0.3, 0.4) is 0 Å². The molecule has 2 aromatic rings. The van der Waals surface area contributed by atoms with Crippen LogP contribution in [0, 0.1) is 20.2 Å². The van der Waals surface area contributed by atoms with E-state index >= 15 is 0 Å². The van der Waals surface area contributed by atoms with Crippen LogP contribution in [0.4, 0.5) is 0 Å². The van der Waals surface area contributed by atoms with Gasteiger partial charge in [-0.2, -0.15) is 0 Å². The molecule has 0 radical (unpaired) electrons. The van der Waals surface area contributed by atoms with E-state index < -0.39 is 53.7 Å². The van der Waals surface area contributed by atoms with Gasteiger partial charge in [-0.05, 0) is 0 Å². The summed E-state index contributed by atoms with van der Waals surface area (Å²) in [7, 11) is 0. The van der Waals surface area contributed by atoms with Crippen molar-refractivity contribution in [3.8, 4) is 0 Å². The molecule has 0 aliphatic carbocycles. The van der Waals surface area contributed by atoms with Crippen LogP contribution in [0.2, 0.25) is 0 Å². The van der Waals surface area contributed by atoms with Crippen molar-refractivity contribution in [1.82, 2.24) is 0 Å². The molecule has 0 saturated carbocycles. The highest BCUT2D eigenvalue weighted by molar-refractivity contribution is 14.1. The quantitative estimate of drug-likeness (QED) is 0.0722. The van der Waals surface area contributed by atoms with Gasteiger partial charge >= 0.3 is 31.0 Å². The van der Waals surface area contributed by atoms with Crippen molar-refractivity contribution in [1.29, 1.82) is 0 Å². The largest absolute Gasteiger partial charge is 0.408 e. The molecule has 2 unspecified atom stereocenters. The topological polar surface area (TPSA) is 173 Å². The summed E-state index contributed by atoms with van der Waals surface area (Å²) in [6.45, 7) is 0. The number of nitrogens with zero attached hydrogens (tertiary/aromatic N) is 2. The highest BCUT2D eigenvalue weighted by Crippen LogP contribution is 2.35. The van der Waals surface area contributed by atoms with Gasteiger partial charge in [0.2, 0.25) is 0 Å². The van der Waals surface area contributed by atoms with Crippen molar-refractivity contribution < 1.29 is 38.5 Å². The number of nitro groups is 2. The highest BCUT2D eigenvalue weighted by Gasteiger charge is 2.54. The van der Waals surface area contributed by atoms with Crippen LogP contribution in [0.25, 0.3) is 0 Å². The monoisotopic (exact) mass is 696 g/mol. The molecule has 0 saturated heterocycles. The smallest absolute Gasteiger partial charge is 0.387 e. The normalized spacial score (nSPS) is 14.1. The van der Waals surface area contributed by atoms with Gasteiger partial charge in [-0.15, -0.1) is 0 Å². The fourth-order valence-corrected chi connectivity index (χ4v) is 3.50. The summed E-state index contributed by atoms with van der Waals surface area (Å²) in [5.74, 6) is -5.54. The van der Waals surface area contributed by atoms with Crippen LogP contribution < -0.4 is 0 Å². The minimum absolute atomic E-state index is 0.0394. The van der Waals surface area contributed by atoms with Gasteiger partial charge in [0, 0.05) is 45.2 Å². The lowest BCUT2D eigenvalue weighted by molar-refractivity contribution is -0.525. The molecule has 0 amide bonds. The van der Waals surface area contributed by atoms with Crippen LogP contribution in [0.1, 0.15) is 24.0 Å². The summed E-state index contributed by atoms with van der Waals surface area (Å²) in [4.78, 5) is 69.9. The Bertz CT molecular complexity index is 1040. The zero-order chi connectivity index (χ0) is 25.5. The number of rotatable bonds is 9. The molecule has 0 N–H and O–H groups in total. The highest BCUT2D eigenvalue weighted by atomic mass is 127. The third-order valence-corrected chi connectivity index (χ3v) is 7.22. The standard InChI is InChI=1S/C20H14I2N2O10/c21-19(23(29)30,13-7-3-1-4-8-13)17(27)33-15(25)11-12-16(26)34-18(28)20(22,24(31)32)14-9-5-2-6-10-14/h1-10H,11-12H2. The minimum atomic E-state index is -2.41. The second-order valence-corrected chi connectivity index (χ2v) is 9.64. The van der Waals surface area contributed by atoms with Crippen molar-refractivity contribution in [3.63, 3.8) is 0 Å². The Labute approximate surface area is 218 Å². The van der Waals surface area contributed by atoms with E-state index in [2.05, 4.69) is 9.47 Å². The van der Waals surface area contributed by atoms with Crippen LogP contribution in [-0.2, 0) is 35.7 Å². The van der Waals surface area contributed by atoms with Crippen molar-refractivity contribution in [2.24, 2.45) is 0 Å². The van der Waals surface area contributed by atoms with Gasteiger partial charge in [-0.25, -0.2) is 9.59 Å². The fourth-order valence-electron chi connectivity index (χ4n) is 2.56. The third-order valence-electron chi connectivity index (χ3n) is 4.30. The van der Waals surface area contributed by atoms with Crippen LogP contribution in [0.15, 0.2) is 60.7 Å². The number of benzene rings is 2. The van der Waals surface area contributed by atoms with Crippen molar-refractivity contribution in [3.05, 3.63) is 92.0 Å². The molecule has 0 heterocycles. The summed E-state index contributed by atoms with van der Waals surface area (Å²) in [5, 5.41) is 23.0. The van der Waals surface area contributed by atoms with E-state index in [1.165, 1.54) is 93.7 Å². The van der Waals surface area contributed by atoms with Gasteiger partial charge in [0.25, 0.3) is 0 Å². The number of esters is 4. The number of hydrogen-bond acceptors (Lipinski definition) is 10. The summed E-state index contributed by atoms with van der Waals surface area (Å²) >= 11 is 2.48. The second kappa shape index (κ2) is 11.4. The SMILES string of the molecule is O=C(CCC(=O)OC(=O)C(I)(c1ccccc1)[N+](=O)[O-])OC(=O)C(I)(c1ccccc1)[N+](=O)[O-]. The Morgan fingerprint density at radius 3 is 1.24 bits per heavy atom. The lowest BCUT2D eigenvalue weighted by atomic mass is 10.1. The van der Waals surface area contributed by atoms with Gasteiger partial charge in [-0.1, -0.05) is 60.7 Å². The molecule has 14 heteroatoms. The van der Waals surface area contributed by atoms with Gasteiger partial charge in [0.05, 0.1) is 33.8 Å². The van der Waals surface area contributed by atoms with E-state index in [1.807, 2.05) is 0 Å². The first-order chi connectivity index (χ1) is 15.9. The van der Waals surface area contributed by atoms with Gasteiger partial charge < -0.3 is 9.47 Å². The lowest BCUT2D eigenvalue weighted by Crippen LogP contribution is -2.40. The van der Waals surface area contributed by atoms with E-state index in [-0.39, 0.29) is 11.1 Å². The Balaban J connectivity index is 2.01. The molecule has 12 nitrogen and oxygen atoms in total. The number of ether oxygens (including phenoxy) is 2. The minimum Gasteiger partial charge on any atom is -0.387 e. The summed E-state index contributed by atoms with van der Waals surface area (Å²) in [6.07, 6.45) is -1.54. The average Bonchev–Trinajstić information content (AvgIpc) is 2.82. The Morgan fingerprint density at radius 1 is 0.676 bits per heavy atom. The van der Waals surface area contributed by atoms with Gasteiger partial charge in [0.15, 0.2) is 0 Å². The van der Waals surface area contributed by atoms with E-state index in [0.717, 1.165) is 0 Å². The zero-order valence-electron chi connectivity index (χ0n) is 16.9. The predicted molar refractivity (Wildman–Crippen MR) is 130 cm³/mol. The maximum Gasteiger partial charge on any atom is 0.408 e. The number of carbonyl (C=O) groups is 4. The molecule has 178 valence electrons. The number of halogens is 2. The first-order valence-electron chi connectivity index (χ1n) is 9.22. The molecule has 0 aliphatic heterocycles. The molecule has 0 fully saturated rings. The number of alkyl halides is 2. The summed E-state index contributed by atoms with van der Waals surface area (Å²) in [6, 6.07) is 14.2. The van der Waals surface area contributed by atoms with Gasteiger partial charge in [0.1, 0.15) is 0 Å². The molecule has 2 rings (SSSR count). The fraction of sp³-hybridized carbons (Fsp3) is 0.200. The molecule has 0 spiro atoms. The van der Waals surface area contributed by atoms with E-state index in [1.54, 1.807) is 12.1 Å². The van der Waals surface area contributed by atoms with Crippen molar-refractivity contribution >= 4 is 69.1 Å². The molecule has 0 bridgehead atoms. The molecule has 2 aromatic carbocycles. The molecule has 0 aliphatic rings. The Hall–Kier alpha value is -3.02.